The Kier molecular flexibility index (Phi) is 3.72. The summed E-state index contributed by atoms with van der Waals surface area (Å²) in [5, 5.41) is 7.19. The third kappa shape index (κ3) is 2.73. The molecule has 1 aromatic heterocycles. The van der Waals surface area contributed by atoms with Gasteiger partial charge in [-0.2, -0.15) is 5.10 Å². The number of halogens is 2. The normalized spacial score (nSPS) is 12.7. The molecule has 0 fully saturated rings. The maximum atomic E-state index is 13.6. The predicted molar refractivity (Wildman–Crippen MR) is 65.1 cm³/mol. The highest BCUT2D eigenvalue weighted by Gasteiger charge is 2.14. The van der Waals surface area contributed by atoms with Gasteiger partial charge in [0.25, 0.3) is 0 Å². The van der Waals surface area contributed by atoms with Crippen LogP contribution in [0.25, 0.3) is 0 Å². The molecular formula is C13H15F2N3. The molecule has 5 heteroatoms. The van der Waals surface area contributed by atoms with Crippen molar-refractivity contribution in [1.82, 2.24) is 15.1 Å². The molecule has 3 nitrogen and oxygen atoms in total. The highest BCUT2D eigenvalue weighted by atomic mass is 19.1. The molecule has 0 bridgehead atoms. The second kappa shape index (κ2) is 5.27. The summed E-state index contributed by atoms with van der Waals surface area (Å²) in [5.41, 5.74) is 1.46. The van der Waals surface area contributed by atoms with Crippen LogP contribution in [0.1, 0.15) is 17.2 Å². The van der Waals surface area contributed by atoms with Crippen molar-refractivity contribution in [3.8, 4) is 0 Å². The van der Waals surface area contributed by atoms with Crippen LogP contribution in [0.2, 0.25) is 0 Å². The van der Waals surface area contributed by atoms with Crippen molar-refractivity contribution in [2.45, 2.75) is 12.5 Å². The van der Waals surface area contributed by atoms with E-state index in [4.69, 9.17) is 0 Å². The van der Waals surface area contributed by atoms with E-state index in [1.165, 1.54) is 12.1 Å². The SMILES string of the molecule is CNC(Cc1ccc(F)cc1F)c1cnn(C)c1. The lowest BCUT2D eigenvalue weighted by Gasteiger charge is -2.14. The molecule has 0 radical (unpaired) electrons. The van der Waals surface area contributed by atoms with Gasteiger partial charge in [0.1, 0.15) is 11.6 Å². The molecule has 1 unspecified atom stereocenters. The number of hydrogen-bond donors (Lipinski definition) is 1. The molecular weight excluding hydrogens is 236 g/mol. The minimum absolute atomic E-state index is 0.0429. The highest BCUT2D eigenvalue weighted by Crippen LogP contribution is 2.20. The van der Waals surface area contributed by atoms with Gasteiger partial charge in [-0.25, -0.2) is 8.78 Å². The Morgan fingerprint density at radius 2 is 2.17 bits per heavy atom. The van der Waals surface area contributed by atoms with E-state index in [-0.39, 0.29) is 6.04 Å². The summed E-state index contributed by atoms with van der Waals surface area (Å²) in [4.78, 5) is 0. The van der Waals surface area contributed by atoms with Gasteiger partial charge in [0.15, 0.2) is 0 Å². The summed E-state index contributed by atoms with van der Waals surface area (Å²) in [6, 6.07) is 3.61. The molecule has 2 rings (SSSR count). The third-order valence-electron chi connectivity index (χ3n) is 2.91. The van der Waals surface area contributed by atoms with E-state index < -0.39 is 11.6 Å². The average molecular weight is 251 g/mol. The van der Waals surface area contributed by atoms with Crippen LogP contribution in [0, 0.1) is 11.6 Å². The lowest BCUT2D eigenvalue weighted by Crippen LogP contribution is -2.19. The van der Waals surface area contributed by atoms with E-state index in [0.29, 0.717) is 12.0 Å². The third-order valence-corrected chi connectivity index (χ3v) is 2.91. The maximum Gasteiger partial charge on any atom is 0.129 e. The fraction of sp³-hybridized carbons (Fsp3) is 0.308. The Bertz CT molecular complexity index is 537. The number of aryl methyl sites for hydroxylation is 1. The zero-order chi connectivity index (χ0) is 13.1. The van der Waals surface area contributed by atoms with Crippen molar-refractivity contribution in [3.63, 3.8) is 0 Å². The van der Waals surface area contributed by atoms with Crippen LogP contribution in [0.4, 0.5) is 8.78 Å². The molecule has 18 heavy (non-hydrogen) atoms. The number of benzene rings is 1. The molecule has 2 aromatic rings. The van der Waals surface area contributed by atoms with Crippen LogP contribution in [0.15, 0.2) is 30.6 Å². The number of aromatic nitrogens is 2. The van der Waals surface area contributed by atoms with Crippen LogP contribution in [0.3, 0.4) is 0 Å². The van der Waals surface area contributed by atoms with Crippen molar-refractivity contribution in [1.29, 1.82) is 0 Å². The molecule has 0 saturated carbocycles. The Balaban J connectivity index is 2.20. The van der Waals surface area contributed by atoms with Crippen LogP contribution in [-0.2, 0) is 13.5 Å². The fourth-order valence-corrected chi connectivity index (χ4v) is 1.91. The summed E-state index contributed by atoms with van der Waals surface area (Å²) in [7, 11) is 3.63. The van der Waals surface area contributed by atoms with Gasteiger partial charge in [-0.05, 0) is 25.1 Å². The van der Waals surface area contributed by atoms with E-state index in [1.54, 1.807) is 17.9 Å². The zero-order valence-electron chi connectivity index (χ0n) is 10.3. The van der Waals surface area contributed by atoms with Gasteiger partial charge in [0.05, 0.1) is 6.20 Å². The first kappa shape index (κ1) is 12.7. The van der Waals surface area contributed by atoms with Gasteiger partial charge in [-0.1, -0.05) is 6.07 Å². The largest absolute Gasteiger partial charge is 0.313 e. The number of hydrogen-bond acceptors (Lipinski definition) is 2. The van der Waals surface area contributed by atoms with E-state index in [2.05, 4.69) is 10.4 Å². The number of nitrogens with zero attached hydrogens (tertiary/aromatic N) is 2. The van der Waals surface area contributed by atoms with E-state index in [0.717, 1.165) is 11.6 Å². The van der Waals surface area contributed by atoms with Crippen molar-refractivity contribution >= 4 is 0 Å². The summed E-state index contributed by atoms with van der Waals surface area (Å²) >= 11 is 0. The van der Waals surface area contributed by atoms with E-state index in [9.17, 15) is 8.78 Å². The molecule has 0 saturated heterocycles. The minimum Gasteiger partial charge on any atom is -0.313 e. The summed E-state index contributed by atoms with van der Waals surface area (Å²) < 4.78 is 28.1. The Morgan fingerprint density at radius 3 is 2.72 bits per heavy atom. The Morgan fingerprint density at radius 1 is 1.39 bits per heavy atom. The smallest absolute Gasteiger partial charge is 0.129 e. The Hall–Kier alpha value is -1.75. The summed E-state index contributed by atoms with van der Waals surface area (Å²) in [6.45, 7) is 0. The van der Waals surface area contributed by atoms with E-state index in [1.807, 2.05) is 13.2 Å². The fourth-order valence-electron chi connectivity index (χ4n) is 1.91. The van der Waals surface area contributed by atoms with Gasteiger partial charge >= 0.3 is 0 Å². The van der Waals surface area contributed by atoms with Gasteiger partial charge < -0.3 is 5.32 Å². The average Bonchev–Trinajstić information content (AvgIpc) is 2.75. The molecule has 1 N–H and O–H groups in total. The first-order valence-electron chi connectivity index (χ1n) is 5.70. The lowest BCUT2D eigenvalue weighted by atomic mass is 10.0. The lowest BCUT2D eigenvalue weighted by molar-refractivity contribution is 0.540. The minimum atomic E-state index is -0.557. The zero-order valence-corrected chi connectivity index (χ0v) is 10.3. The number of rotatable bonds is 4. The first-order chi connectivity index (χ1) is 8.60. The Labute approximate surface area is 104 Å². The van der Waals surface area contributed by atoms with Gasteiger partial charge in [-0.3, -0.25) is 4.68 Å². The maximum absolute atomic E-state index is 13.6. The van der Waals surface area contributed by atoms with Crippen molar-refractivity contribution < 1.29 is 8.78 Å². The molecule has 0 spiro atoms. The summed E-state index contributed by atoms with van der Waals surface area (Å²) in [5.74, 6) is -1.07. The monoisotopic (exact) mass is 251 g/mol. The van der Waals surface area contributed by atoms with Crippen molar-refractivity contribution in [3.05, 3.63) is 53.4 Å². The molecule has 0 amide bonds. The molecule has 1 heterocycles. The molecule has 1 aromatic carbocycles. The van der Waals surface area contributed by atoms with Crippen molar-refractivity contribution in [2.24, 2.45) is 7.05 Å². The van der Waals surface area contributed by atoms with Gasteiger partial charge in [-0.15, -0.1) is 0 Å². The van der Waals surface area contributed by atoms with Crippen LogP contribution < -0.4 is 5.32 Å². The highest BCUT2D eigenvalue weighted by molar-refractivity contribution is 5.22. The van der Waals surface area contributed by atoms with Crippen LogP contribution in [-0.4, -0.2) is 16.8 Å². The van der Waals surface area contributed by atoms with Gasteiger partial charge in [0, 0.05) is 30.9 Å². The second-order valence-corrected chi connectivity index (χ2v) is 4.23. The van der Waals surface area contributed by atoms with Crippen LogP contribution in [0.5, 0.6) is 0 Å². The van der Waals surface area contributed by atoms with Gasteiger partial charge in [0.2, 0.25) is 0 Å². The second-order valence-electron chi connectivity index (χ2n) is 4.23. The molecule has 1 atom stereocenters. The molecule has 0 aliphatic heterocycles. The number of nitrogens with one attached hydrogen (secondary N) is 1. The van der Waals surface area contributed by atoms with E-state index >= 15 is 0 Å². The topological polar surface area (TPSA) is 29.9 Å². The quantitative estimate of drug-likeness (QED) is 0.902. The predicted octanol–water partition coefficient (Wildman–Crippen LogP) is 2.20. The first-order valence-corrected chi connectivity index (χ1v) is 5.70. The number of likely N-dealkylation sites (N-methyl/N-ethyl adjacent to an activating group) is 1. The summed E-state index contributed by atoms with van der Waals surface area (Å²) in [6.07, 6.45) is 4.07. The standard InChI is InChI=1S/C13H15F2N3/c1-16-13(10-7-17-18(2)8-10)5-9-3-4-11(14)6-12(9)15/h3-4,6-8,13,16H,5H2,1-2H3. The molecule has 96 valence electrons. The van der Waals surface area contributed by atoms with Crippen molar-refractivity contribution in [2.75, 3.05) is 7.05 Å². The van der Waals surface area contributed by atoms with Crippen LogP contribution >= 0.6 is 0 Å². The molecule has 0 aliphatic carbocycles. The molecule has 0 aliphatic rings.